The Morgan fingerprint density at radius 1 is 1.36 bits per heavy atom. The third-order valence-electron chi connectivity index (χ3n) is 2.54. The summed E-state index contributed by atoms with van der Waals surface area (Å²) < 4.78 is 5.25. The predicted octanol–water partition coefficient (Wildman–Crippen LogP) is 1.76. The number of ether oxygens (including phenoxy) is 1. The first-order chi connectivity index (χ1) is 5.14. The molecule has 2 nitrogen and oxygen atoms in total. The summed E-state index contributed by atoms with van der Waals surface area (Å²) in [5.74, 6) is 0. The molecule has 1 unspecified atom stereocenters. The van der Waals surface area contributed by atoms with Crippen molar-refractivity contribution in [2.45, 2.75) is 39.3 Å². The number of hydrogen-bond donors (Lipinski definition) is 1. The van der Waals surface area contributed by atoms with Gasteiger partial charge in [0.15, 0.2) is 0 Å². The van der Waals surface area contributed by atoms with Gasteiger partial charge < -0.3 is 4.74 Å². The van der Waals surface area contributed by atoms with Gasteiger partial charge in [-0.15, -0.1) is 0 Å². The van der Waals surface area contributed by atoms with Gasteiger partial charge in [-0.05, 0) is 31.2 Å². The average molecular weight is 157 g/mol. The minimum Gasteiger partial charge on any atom is -0.367 e. The molecule has 1 rings (SSSR count). The summed E-state index contributed by atoms with van der Waals surface area (Å²) in [7, 11) is 1.77. The monoisotopic (exact) mass is 157 g/mol. The van der Waals surface area contributed by atoms with Crippen LogP contribution in [0.1, 0.15) is 33.1 Å². The normalized spacial score (nSPS) is 31.4. The van der Waals surface area contributed by atoms with Crippen molar-refractivity contribution in [2.75, 3.05) is 13.7 Å². The molecule has 1 fully saturated rings. The maximum Gasteiger partial charge on any atom is 0.107 e. The van der Waals surface area contributed by atoms with E-state index in [1.54, 1.807) is 7.11 Å². The Bertz CT molecular complexity index is 123. The Labute approximate surface area is 69.3 Å². The summed E-state index contributed by atoms with van der Waals surface area (Å²) in [6, 6.07) is 0. The van der Waals surface area contributed by atoms with E-state index >= 15 is 0 Å². The van der Waals surface area contributed by atoms with Gasteiger partial charge in [0.25, 0.3) is 0 Å². The second-order valence-electron chi connectivity index (χ2n) is 4.13. The lowest BCUT2D eigenvalue weighted by atomic mass is 9.85. The maximum absolute atomic E-state index is 5.25. The SMILES string of the molecule is COC1CCC(C)(C)CCN1. The molecule has 1 heterocycles. The van der Waals surface area contributed by atoms with Crippen molar-refractivity contribution >= 4 is 0 Å². The van der Waals surface area contributed by atoms with Crippen molar-refractivity contribution in [3.8, 4) is 0 Å². The molecule has 1 saturated heterocycles. The minimum atomic E-state index is 0.289. The molecule has 1 atom stereocenters. The zero-order valence-electron chi connectivity index (χ0n) is 7.81. The number of rotatable bonds is 1. The molecule has 0 saturated carbocycles. The van der Waals surface area contributed by atoms with E-state index in [1.807, 2.05) is 0 Å². The number of nitrogens with one attached hydrogen (secondary N) is 1. The molecule has 1 N–H and O–H groups in total. The third-order valence-corrected chi connectivity index (χ3v) is 2.54. The molecule has 1 aliphatic heterocycles. The van der Waals surface area contributed by atoms with Crippen molar-refractivity contribution in [1.29, 1.82) is 0 Å². The van der Waals surface area contributed by atoms with Crippen LogP contribution in [0.15, 0.2) is 0 Å². The van der Waals surface area contributed by atoms with Gasteiger partial charge in [0.2, 0.25) is 0 Å². The van der Waals surface area contributed by atoms with Crippen molar-refractivity contribution in [1.82, 2.24) is 5.32 Å². The summed E-state index contributed by atoms with van der Waals surface area (Å²) in [6.07, 6.45) is 3.95. The third kappa shape index (κ3) is 2.80. The van der Waals surface area contributed by atoms with E-state index in [9.17, 15) is 0 Å². The van der Waals surface area contributed by atoms with E-state index < -0.39 is 0 Å². The highest BCUT2D eigenvalue weighted by atomic mass is 16.5. The Balaban J connectivity index is 2.39. The van der Waals surface area contributed by atoms with Crippen molar-refractivity contribution in [2.24, 2.45) is 5.41 Å². The van der Waals surface area contributed by atoms with Crippen LogP contribution < -0.4 is 5.32 Å². The molecule has 0 aromatic carbocycles. The highest BCUT2D eigenvalue weighted by Crippen LogP contribution is 2.28. The van der Waals surface area contributed by atoms with Crippen LogP contribution in [-0.2, 0) is 4.74 Å². The molecular formula is C9H19NO. The lowest BCUT2D eigenvalue weighted by molar-refractivity contribution is 0.0690. The molecule has 66 valence electrons. The molecule has 0 aromatic rings. The molecule has 0 aliphatic carbocycles. The second kappa shape index (κ2) is 3.55. The fourth-order valence-electron chi connectivity index (χ4n) is 1.52. The standard InChI is InChI=1S/C9H19NO/c1-9(2)5-4-8(11-3)10-7-6-9/h8,10H,4-7H2,1-3H3. The molecule has 2 heteroatoms. The molecule has 0 radical (unpaired) electrons. The first-order valence-corrected chi connectivity index (χ1v) is 4.40. The van der Waals surface area contributed by atoms with Crippen LogP contribution in [0.5, 0.6) is 0 Å². The zero-order valence-corrected chi connectivity index (χ0v) is 7.81. The summed E-state index contributed by atoms with van der Waals surface area (Å²) in [6.45, 7) is 5.74. The van der Waals surface area contributed by atoms with Crippen molar-refractivity contribution in [3.05, 3.63) is 0 Å². The van der Waals surface area contributed by atoms with Gasteiger partial charge in [-0.2, -0.15) is 0 Å². The van der Waals surface area contributed by atoms with Gasteiger partial charge >= 0.3 is 0 Å². The fourth-order valence-corrected chi connectivity index (χ4v) is 1.52. The Morgan fingerprint density at radius 2 is 2.09 bits per heavy atom. The van der Waals surface area contributed by atoms with Gasteiger partial charge in [-0.25, -0.2) is 0 Å². The quantitative estimate of drug-likeness (QED) is 0.626. The molecule has 1 aliphatic rings. The van der Waals surface area contributed by atoms with E-state index in [4.69, 9.17) is 4.74 Å². The molecule has 0 amide bonds. The maximum atomic E-state index is 5.25. The second-order valence-corrected chi connectivity index (χ2v) is 4.13. The highest BCUT2D eigenvalue weighted by molar-refractivity contribution is 4.75. The summed E-state index contributed by atoms with van der Waals surface area (Å²) in [4.78, 5) is 0. The van der Waals surface area contributed by atoms with Gasteiger partial charge in [-0.1, -0.05) is 13.8 Å². The van der Waals surface area contributed by atoms with Crippen LogP contribution in [0, 0.1) is 5.41 Å². The van der Waals surface area contributed by atoms with Crippen LogP contribution in [0.25, 0.3) is 0 Å². The van der Waals surface area contributed by atoms with Gasteiger partial charge in [-0.3, -0.25) is 5.32 Å². The summed E-state index contributed by atoms with van der Waals surface area (Å²) in [5.41, 5.74) is 0.500. The van der Waals surface area contributed by atoms with Crippen molar-refractivity contribution < 1.29 is 4.74 Å². The Morgan fingerprint density at radius 3 is 2.73 bits per heavy atom. The lowest BCUT2D eigenvalue weighted by Crippen LogP contribution is -2.29. The molecule has 11 heavy (non-hydrogen) atoms. The van der Waals surface area contributed by atoms with Gasteiger partial charge in [0, 0.05) is 7.11 Å². The molecule has 0 aromatic heterocycles. The van der Waals surface area contributed by atoms with Crippen molar-refractivity contribution in [3.63, 3.8) is 0 Å². The van der Waals surface area contributed by atoms with E-state index in [2.05, 4.69) is 19.2 Å². The van der Waals surface area contributed by atoms with E-state index in [0.717, 1.165) is 13.0 Å². The average Bonchev–Trinajstić information content (AvgIpc) is 2.10. The molecule has 0 spiro atoms. The van der Waals surface area contributed by atoms with E-state index in [0.29, 0.717) is 5.41 Å². The van der Waals surface area contributed by atoms with Crippen LogP contribution in [-0.4, -0.2) is 19.9 Å². The van der Waals surface area contributed by atoms with Crippen LogP contribution in [0.3, 0.4) is 0 Å². The predicted molar refractivity (Wildman–Crippen MR) is 46.4 cm³/mol. The summed E-state index contributed by atoms with van der Waals surface area (Å²) >= 11 is 0. The fraction of sp³-hybridized carbons (Fsp3) is 1.00. The van der Waals surface area contributed by atoms with E-state index in [1.165, 1.54) is 12.8 Å². The van der Waals surface area contributed by atoms with Gasteiger partial charge in [0.1, 0.15) is 6.23 Å². The largest absolute Gasteiger partial charge is 0.367 e. The van der Waals surface area contributed by atoms with Crippen LogP contribution >= 0.6 is 0 Å². The van der Waals surface area contributed by atoms with Crippen LogP contribution in [0.4, 0.5) is 0 Å². The smallest absolute Gasteiger partial charge is 0.107 e. The van der Waals surface area contributed by atoms with E-state index in [-0.39, 0.29) is 6.23 Å². The lowest BCUT2D eigenvalue weighted by Gasteiger charge is -2.20. The molecular weight excluding hydrogens is 138 g/mol. The number of hydrogen-bond acceptors (Lipinski definition) is 2. The van der Waals surface area contributed by atoms with Crippen LogP contribution in [0.2, 0.25) is 0 Å². The first kappa shape index (κ1) is 9.01. The summed E-state index contributed by atoms with van der Waals surface area (Å²) in [5, 5.41) is 3.36. The molecule has 0 bridgehead atoms. The minimum absolute atomic E-state index is 0.289. The number of methoxy groups -OCH3 is 1. The Kier molecular flexibility index (Phi) is 2.90. The zero-order chi connectivity index (χ0) is 8.32. The Hall–Kier alpha value is -0.0800. The van der Waals surface area contributed by atoms with Gasteiger partial charge in [0.05, 0.1) is 0 Å². The first-order valence-electron chi connectivity index (χ1n) is 4.40. The topological polar surface area (TPSA) is 21.3 Å². The highest BCUT2D eigenvalue weighted by Gasteiger charge is 2.23.